The van der Waals surface area contributed by atoms with E-state index in [1.807, 2.05) is 0 Å². The number of carbonyl (C=O) groups is 2. The van der Waals surface area contributed by atoms with Crippen molar-refractivity contribution in [2.45, 2.75) is 25.5 Å². The average molecular weight is 248 g/mol. The number of aliphatic carboxylic acids is 1. The molecule has 0 heterocycles. The summed E-state index contributed by atoms with van der Waals surface area (Å²) in [5.41, 5.74) is 0. The first kappa shape index (κ1) is 15.7. The van der Waals surface area contributed by atoms with Gasteiger partial charge in [-0.25, -0.2) is 9.59 Å². The van der Waals surface area contributed by atoms with Crippen LogP contribution in [-0.2, 0) is 14.3 Å². The van der Waals surface area contributed by atoms with Gasteiger partial charge in [-0.2, -0.15) is 0 Å². The van der Waals surface area contributed by atoms with Crippen LogP contribution in [-0.4, -0.2) is 56.6 Å². The molecule has 7 nitrogen and oxygen atoms in total. The molecule has 0 aliphatic carbocycles. The number of carboxylic acids is 1. The van der Waals surface area contributed by atoms with Crippen molar-refractivity contribution in [3.05, 3.63) is 0 Å². The van der Waals surface area contributed by atoms with E-state index in [0.29, 0.717) is 6.54 Å². The predicted octanol–water partition coefficient (Wildman–Crippen LogP) is -0.190. The van der Waals surface area contributed by atoms with E-state index in [1.54, 1.807) is 6.92 Å². The zero-order valence-electron chi connectivity index (χ0n) is 10.4. The summed E-state index contributed by atoms with van der Waals surface area (Å²) in [6.07, 6.45) is 0.0991. The largest absolute Gasteiger partial charge is 0.480 e. The molecule has 0 aliphatic rings. The van der Waals surface area contributed by atoms with Crippen molar-refractivity contribution in [3.63, 3.8) is 0 Å². The monoisotopic (exact) mass is 248 g/mol. The number of carboxylic acid groups (broad SMARTS) is 1. The molecule has 2 atom stereocenters. The third kappa shape index (κ3) is 7.53. The molecule has 0 aliphatic heterocycles. The van der Waals surface area contributed by atoms with E-state index in [4.69, 9.17) is 14.6 Å². The summed E-state index contributed by atoms with van der Waals surface area (Å²) in [7, 11) is 3.00. The Kier molecular flexibility index (Phi) is 8.08. The lowest BCUT2D eigenvalue weighted by atomic mass is 10.2. The van der Waals surface area contributed by atoms with E-state index in [9.17, 15) is 9.59 Å². The molecule has 7 heteroatoms. The second-order valence-electron chi connectivity index (χ2n) is 3.57. The predicted molar refractivity (Wildman–Crippen MR) is 60.9 cm³/mol. The summed E-state index contributed by atoms with van der Waals surface area (Å²) in [6, 6.07) is -1.48. The fraction of sp³-hybridized carbons (Fsp3) is 0.800. The molecule has 3 N–H and O–H groups in total. The van der Waals surface area contributed by atoms with Crippen LogP contribution in [0.3, 0.4) is 0 Å². The minimum atomic E-state index is -1.09. The molecule has 0 saturated carbocycles. The first-order valence-electron chi connectivity index (χ1n) is 5.30. The Morgan fingerprint density at radius 1 is 1.35 bits per heavy atom. The van der Waals surface area contributed by atoms with Gasteiger partial charge < -0.3 is 25.2 Å². The number of carbonyl (C=O) groups excluding carboxylic acids is 1. The fourth-order valence-corrected chi connectivity index (χ4v) is 1.02. The van der Waals surface area contributed by atoms with E-state index >= 15 is 0 Å². The highest BCUT2D eigenvalue weighted by atomic mass is 16.5. The molecule has 17 heavy (non-hydrogen) atoms. The first-order chi connectivity index (χ1) is 8.01. The third-order valence-corrected chi connectivity index (χ3v) is 2.17. The van der Waals surface area contributed by atoms with Crippen LogP contribution in [0.5, 0.6) is 0 Å². The van der Waals surface area contributed by atoms with Gasteiger partial charge in [-0.1, -0.05) is 0 Å². The summed E-state index contributed by atoms with van der Waals surface area (Å²) in [6.45, 7) is 2.38. The number of hydrogen-bond donors (Lipinski definition) is 3. The van der Waals surface area contributed by atoms with Gasteiger partial charge >= 0.3 is 12.0 Å². The van der Waals surface area contributed by atoms with Gasteiger partial charge in [0.1, 0.15) is 6.04 Å². The molecule has 0 fully saturated rings. The van der Waals surface area contributed by atoms with Crippen molar-refractivity contribution in [1.29, 1.82) is 0 Å². The van der Waals surface area contributed by atoms with Gasteiger partial charge in [0.25, 0.3) is 0 Å². The van der Waals surface area contributed by atoms with Gasteiger partial charge in [0.05, 0.1) is 6.10 Å². The van der Waals surface area contributed by atoms with Gasteiger partial charge in [0, 0.05) is 33.8 Å². The zero-order chi connectivity index (χ0) is 13.3. The van der Waals surface area contributed by atoms with Crippen molar-refractivity contribution >= 4 is 12.0 Å². The second-order valence-corrected chi connectivity index (χ2v) is 3.57. The maximum absolute atomic E-state index is 11.4. The summed E-state index contributed by atoms with van der Waals surface area (Å²) in [5, 5.41) is 13.7. The third-order valence-electron chi connectivity index (χ3n) is 2.17. The Balaban J connectivity index is 3.99. The van der Waals surface area contributed by atoms with Gasteiger partial charge in [0.15, 0.2) is 0 Å². The Morgan fingerprint density at radius 2 is 2.00 bits per heavy atom. The number of urea groups is 1. The van der Waals surface area contributed by atoms with E-state index in [1.165, 1.54) is 14.2 Å². The molecule has 0 aromatic rings. The van der Waals surface area contributed by atoms with Crippen molar-refractivity contribution in [2.75, 3.05) is 27.4 Å². The van der Waals surface area contributed by atoms with Gasteiger partial charge in [-0.05, 0) is 6.92 Å². The summed E-state index contributed by atoms with van der Waals surface area (Å²) in [5.74, 6) is -1.09. The molecular weight excluding hydrogens is 228 g/mol. The maximum Gasteiger partial charge on any atom is 0.326 e. The van der Waals surface area contributed by atoms with Crippen LogP contribution in [0.2, 0.25) is 0 Å². The molecule has 0 aromatic carbocycles. The SMILES string of the molecule is COCCC(NC(=O)NCC(C)OC)C(=O)O. The molecule has 0 bridgehead atoms. The molecule has 100 valence electrons. The molecule has 2 amide bonds. The van der Waals surface area contributed by atoms with Gasteiger partial charge in [-0.3, -0.25) is 0 Å². The van der Waals surface area contributed by atoms with Crippen LogP contribution < -0.4 is 10.6 Å². The highest BCUT2D eigenvalue weighted by molar-refractivity contribution is 5.82. The normalized spacial score (nSPS) is 13.8. The first-order valence-corrected chi connectivity index (χ1v) is 5.30. The molecule has 0 spiro atoms. The Morgan fingerprint density at radius 3 is 2.47 bits per heavy atom. The second kappa shape index (κ2) is 8.77. The number of methoxy groups -OCH3 is 2. The van der Waals surface area contributed by atoms with Crippen molar-refractivity contribution in [3.8, 4) is 0 Å². The molecule has 0 aromatic heterocycles. The van der Waals surface area contributed by atoms with Crippen LogP contribution in [0, 0.1) is 0 Å². The van der Waals surface area contributed by atoms with E-state index in [-0.39, 0.29) is 19.1 Å². The van der Waals surface area contributed by atoms with E-state index < -0.39 is 18.0 Å². The van der Waals surface area contributed by atoms with E-state index in [0.717, 1.165) is 0 Å². The lowest BCUT2D eigenvalue weighted by Crippen LogP contribution is -2.47. The Labute approximate surface area is 100 Å². The van der Waals surface area contributed by atoms with Gasteiger partial charge in [-0.15, -0.1) is 0 Å². The molecule has 2 unspecified atom stereocenters. The molecule has 0 rings (SSSR count). The van der Waals surface area contributed by atoms with Crippen LogP contribution in [0.4, 0.5) is 4.79 Å². The summed E-state index contributed by atoms with van der Waals surface area (Å²) < 4.78 is 9.70. The van der Waals surface area contributed by atoms with Crippen molar-refractivity contribution in [1.82, 2.24) is 10.6 Å². The van der Waals surface area contributed by atoms with Crippen LogP contribution >= 0.6 is 0 Å². The molecule has 0 radical (unpaired) electrons. The quantitative estimate of drug-likeness (QED) is 0.553. The van der Waals surface area contributed by atoms with Crippen LogP contribution in [0.1, 0.15) is 13.3 Å². The minimum Gasteiger partial charge on any atom is -0.480 e. The number of ether oxygens (including phenoxy) is 2. The van der Waals surface area contributed by atoms with Crippen LogP contribution in [0.15, 0.2) is 0 Å². The highest BCUT2D eigenvalue weighted by Gasteiger charge is 2.19. The van der Waals surface area contributed by atoms with Crippen molar-refractivity contribution < 1.29 is 24.2 Å². The average Bonchev–Trinajstić information content (AvgIpc) is 2.30. The van der Waals surface area contributed by atoms with Crippen molar-refractivity contribution in [2.24, 2.45) is 0 Å². The molecule has 0 saturated heterocycles. The maximum atomic E-state index is 11.4. The Bertz CT molecular complexity index is 247. The lowest BCUT2D eigenvalue weighted by molar-refractivity contribution is -0.139. The van der Waals surface area contributed by atoms with Gasteiger partial charge in [0.2, 0.25) is 0 Å². The molecular formula is C10H20N2O5. The van der Waals surface area contributed by atoms with E-state index in [2.05, 4.69) is 10.6 Å². The minimum absolute atomic E-state index is 0.122. The lowest BCUT2D eigenvalue weighted by Gasteiger charge is -2.16. The fourth-order valence-electron chi connectivity index (χ4n) is 1.02. The number of rotatable bonds is 8. The number of nitrogens with one attached hydrogen (secondary N) is 2. The zero-order valence-corrected chi connectivity index (χ0v) is 10.4. The summed E-state index contributed by atoms with van der Waals surface area (Å²) in [4.78, 5) is 22.2. The number of amides is 2. The highest BCUT2D eigenvalue weighted by Crippen LogP contribution is 1.93. The topological polar surface area (TPSA) is 96.9 Å². The standard InChI is InChI=1S/C10H20N2O5/c1-7(17-3)6-11-10(15)12-8(9(13)14)4-5-16-2/h7-8H,4-6H2,1-3H3,(H,13,14)(H2,11,12,15). The van der Waals surface area contributed by atoms with Crippen LogP contribution in [0.25, 0.3) is 0 Å². The summed E-state index contributed by atoms with van der Waals surface area (Å²) >= 11 is 0. The number of hydrogen-bond acceptors (Lipinski definition) is 4. The Hall–Kier alpha value is -1.34. The smallest absolute Gasteiger partial charge is 0.326 e.